The van der Waals surface area contributed by atoms with E-state index in [0.717, 1.165) is 11.3 Å². The normalized spacial score (nSPS) is 22.5. The lowest BCUT2D eigenvalue weighted by Gasteiger charge is -2.38. The van der Waals surface area contributed by atoms with Crippen molar-refractivity contribution in [3.63, 3.8) is 0 Å². The Bertz CT molecular complexity index is 877. The smallest absolute Gasteiger partial charge is 0.289 e. The van der Waals surface area contributed by atoms with Crippen LogP contribution in [0.1, 0.15) is 17.0 Å². The maximum Gasteiger partial charge on any atom is 0.289 e. The number of likely N-dealkylation sites (tertiary alicyclic amines) is 1. The molecule has 4 rings (SSSR count). The Morgan fingerprint density at radius 3 is 2.85 bits per heavy atom. The molecular weight excluding hydrogens is 348 g/mol. The molecule has 1 spiro atoms. The summed E-state index contributed by atoms with van der Waals surface area (Å²) < 4.78 is 16.8. The summed E-state index contributed by atoms with van der Waals surface area (Å²) >= 11 is 0. The van der Waals surface area contributed by atoms with E-state index in [1.165, 1.54) is 0 Å². The minimum Gasteiger partial charge on any atom is -0.497 e. The third-order valence-electron chi connectivity index (χ3n) is 5.23. The van der Waals surface area contributed by atoms with Gasteiger partial charge in [0.2, 0.25) is 5.91 Å². The number of carbonyl (C=O) groups excluding carboxylic acids is 2. The molecule has 1 aromatic heterocycles. The van der Waals surface area contributed by atoms with Gasteiger partial charge in [-0.15, -0.1) is 0 Å². The molecule has 2 amide bonds. The van der Waals surface area contributed by atoms with E-state index in [-0.39, 0.29) is 18.4 Å². The van der Waals surface area contributed by atoms with Crippen LogP contribution in [0.15, 0.2) is 40.8 Å². The van der Waals surface area contributed by atoms with E-state index in [1.807, 2.05) is 24.3 Å². The van der Waals surface area contributed by atoms with Crippen LogP contribution in [0, 0.1) is 0 Å². The van der Waals surface area contributed by atoms with Crippen molar-refractivity contribution < 1.29 is 23.5 Å². The summed E-state index contributed by atoms with van der Waals surface area (Å²) in [7, 11) is 3.38. The van der Waals surface area contributed by atoms with Gasteiger partial charge >= 0.3 is 0 Å². The SMILES string of the molecule is COc1cccc(-c2ccc(C(=O)N3CCC4(CN(C)C(=O)CO4)C3)o2)c1. The average molecular weight is 370 g/mol. The van der Waals surface area contributed by atoms with Gasteiger partial charge in [-0.1, -0.05) is 12.1 Å². The van der Waals surface area contributed by atoms with Crippen molar-refractivity contribution in [3.05, 3.63) is 42.2 Å². The number of nitrogens with zero attached hydrogens (tertiary/aromatic N) is 2. The van der Waals surface area contributed by atoms with Gasteiger partial charge in [-0.05, 0) is 30.7 Å². The standard InChI is InChI=1S/C20H22N2O5/c1-21-12-20(26-11-18(21)23)8-9-22(13-20)19(24)17-7-6-16(27-17)14-4-3-5-15(10-14)25-2/h3-7,10H,8-9,11-13H2,1-2H3. The number of benzene rings is 1. The number of morpholine rings is 1. The van der Waals surface area contributed by atoms with Crippen LogP contribution in [-0.4, -0.2) is 67.6 Å². The van der Waals surface area contributed by atoms with E-state index < -0.39 is 5.60 Å². The summed E-state index contributed by atoms with van der Waals surface area (Å²) in [6.07, 6.45) is 0.708. The van der Waals surface area contributed by atoms with Gasteiger partial charge in [0, 0.05) is 19.2 Å². The predicted molar refractivity (Wildman–Crippen MR) is 97.5 cm³/mol. The van der Waals surface area contributed by atoms with Crippen LogP contribution in [0.5, 0.6) is 5.75 Å². The van der Waals surface area contributed by atoms with Crippen molar-refractivity contribution >= 4 is 11.8 Å². The molecule has 0 aliphatic carbocycles. The average Bonchev–Trinajstić information content (AvgIpc) is 3.33. The first kappa shape index (κ1) is 17.6. The van der Waals surface area contributed by atoms with Crippen LogP contribution in [0.3, 0.4) is 0 Å². The highest BCUT2D eigenvalue weighted by molar-refractivity contribution is 5.92. The molecule has 0 saturated carbocycles. The molecule has 0 N–H and O–H groups in total. The number of ether oxygens (including phenoxy) is 2. The number of hydrogen-bond donors (Lipinski definition) is 0. The molecule has 1 unspecified atom stereocenters. The molecule has 2 fully saturated rings. The first-order valence-electron chi connectivity index (χ1n) is 8.91. The number of methoxy groups -OCH3 is 1. The number of carbonyl (C=O) groups is 2. The Kier molecular flexibility index (Phi) is 4.39. The number of furan rings is 1. The lowest BCUT2D eigenvalue weighted by atomic mass is 10.0. The van der Waals surface area contributed by atoms with Gasteiger partial charge < -0.3 is 23.7 Å². The second-order valence-electron chi connectivity index (χ2n) is 7.09. The van der Waals surface area contributed by atoms with Crippen molar-refractivity contribution in [1.29, 1.82) is 0 Å². The van der Waals surface area contributed by atoms with Gasteiger partial charge in [-0.25, -0.2) is 0 Å². The Hall–Kier alpha value is -2.80. The van der Waals surface area contributed by atoms with E-state index in [4.69, 9.17) is 13.9 Å². The van der Waals surface area contributed by atoms with Crippen molar-refractivity contribution in [2.75, 3.05) is 40.4 Å². The molecule has 0 radical (unpaired) electrons. The van der Waals surface area contributed by atoms with Crippen LogP contribution < -0.4 is 4.74 Å². The highest BCUT2D eigenvalue weighted by Crippen LogP contribution is 2.31. The fourth-order valence-electron chi connectivity index (χ4n) is 3.70. The van der Waals surface area contributed by atoms with Crippen LogP contribution >= 0.6 is 0 Å². The predicted octanol–water partition coefficient (Wildman–Crippen LogP) is 2.03. The van der Waals surface area contributed by atoms with Crippen LogP contribution in [0.4, 0.5) is 0 Å². The zero-order chi connectivity index (χ0) is 19.0. The molecule has 2 aliphatic heterocycles. The van der Waals surface area contributed by atoms with E-state index in [9.17, 15) is 9.59 Å². The van der Waals surface area contributed by atoms with E-state index in [1.54, 1.807) is 36.1 Å². The van der Waals surface area contributed by atoms with Crippen molar-refractivity contribution in [3.8, 4) is 17.1 Å². The fourth-order valence-corrected chi connectivity index (χ4v) is 3.70. The van der Waals surface area contributed by atoms with E-state index in [0.29, 0.717) is 37.6 Å². The van der Waals surface area contributed by atoms with Gasteiger partial charge in [-0.2, -0.15) is 0 Å². The van der Waals surface area contributed by atoms with E-state index >= 15 is 0 Å². The third kappa shape index (κ3) is 3.30. The minimum absolute atomic E-state index is 0.0284. The number of likely N-dealkylation sites (N-methyl/N-ethyl adjacent to an activating group) is 1. The topological polar surface area (TPSA) is 72.2 Å². The van der Waals surface area contributed by atoms with Crippen molar-refractivity contribution in [1.82, 2.24) is 9.80 Å². The molecule has 1 atom stereocenters. The van der Waals surface area contributed by atoms with Gasteiger partial charge in [0.1, 0.15) is 23.7 Å². The first-order chi connectivity index (χ1) is 13.0. The molecule has 2 saturated heterocycles. The molecule has 3 heterocycles. The summed E-state index contributed by atoms with van der Waals surface area (Å²) in [5, 5.41) is 0. The zero-order valence-electron chi connectivity index (χ0n) is 15.4. The van der Waals surface area contributed by atoms with Crippen LogP contribution in [0.25, 0.3) is 11.3 Å². The maximum atomic E-state index is 12.9. The molecule has 27 heavy (non-hydrogen) atoms. The molecule has 142 valence electrons. The second-order valence-corrected chi connectivity index (χ2v) is 7.09. The largest absolute Gasteiger partial charge is 0.497 e. The zero-order valence-corrected chi connectivity index (χ0v) is 15.4. The summed E-state index contributed by atoms with van der Waals surface area (Å²) in [6, 6.07) is 11.0. The molecule has 0 bridgehead atoms. The van der Waals surface area contributed by atoms with Crippen molar-refractivity contribution in [2.24, 2.45) is 0 Å². The quantitative estimate of drug-likeness (QED) is 0.827. The Balaban J connectivity index is 1.48. The molecule has 7 heteroatoms. The Labute approximate surface area is 157 Å². The number of rotatable bonds is 3. The molecule has 7 nitrogen and oxygen atoms in total. The van der Waals surface area contributed by atoms with Crippen molar-refractivity contribution in [2.45, 2.75) is 12.0 Å². The molecule has 1 aromatic carbocycles. The highest BCUT2D eigenvalue weighted by atomic mass is 16.5. The van der Waals surface area contributed by atoms with Gasteiger partial charge in [0.15, 0.2) is 5.76 Å². The lowest BCUT2D eigenvalue weighted by Crippen LogP contribution is -2.54. The van der Waals surface area contributed by atoms with Crippen LogP contribution in [-0.2, 0) is 9.53 Å². The number of hydrogen-bond acceptors (Lipinski definition) is 5. The molecule has 2 aromatic rings. The third-order valence-corrected chi connectivity index (χ3v) is 5.23. The van der Waals surface area contributed by atoms with Crippen LogP contribution in [0.2, 0.25) is 0 Å². The Morgan fingerprint density at radius 1 is 1.22 bits per heavy atom. The minimum atomic E-state index is -0.472. The Morgan fingerprint density at radius 2 is 2.07 bits per heavy atom. The molecular formula is C20H22N2O5. The summed E-state index contributed by atoms with van der Waals surface area (Å²) in [6.45, 7) is 1.61. The summed E-state index contributed by atoms with van der Waals surface area (Å²) in [4.78, 5) is 27.9. The van der Waals surface area contributed by atoms with Gasteiger partial charge in [0.05, 0.1) is 20.2 Å². The lowest BCUT2D eigenvalue weighted by molar-refractivity contribution is -0.158. The maximum absolute atomic E-state index is 12.9. The highest BCUT2D eigenvalue weighted by Gasteiger charge is 2.45. The second kappa shape index (κ2) is 6.74. The summed E-state index contributed by atoms with van der Waals surface area (Å²) in [5.41, 5.74) is 0.377. The van der Waals surface area contributed by atoms with Gasteiger partial charge in [-0.3, -0.25) is 9.59 Å². The fraction of sp³-hybridized carbons (Fsp3) is 0.400. The van der Waals surface area contributed by atoms with Gasteiger partial charge in [0.25, 0.3) is 5.91 Å². The monoisotopic (exact) mass is 370 g/mol. The number of amides is 2. The van der Waals surface area contributed by atoms with E-state index in [2.05, 4.69) is 0 Å². The molecule has 2 aliphatic rings. The first-order valence-corrected chi connectivity index (χ1v) is 8.91. The summed E-state index contributed by atoms with van der Waals surface area (Å²) in [5.74, 6) is 1.45.